The molecule has 8 heteroatoms. The van der Waals surface area contributed by atoms with E-state index in [4.69, 9.17) is 4.74 Å². The van der Waals surface area contributed by atoms with Gasteiger partial charge in [0.2, 0.25) is 0 Å². The van der Waals surface area contributed by atoms with Crippen molar-refractivity contribution in [1.82, 2.24) is 24.7 Å². The van der Waals surface area contributed by atoms with E-state index in [2.05, 4.69) is 20.2 Å². The molecule has 1 saturated carbocycles. The topological polar surface area (TPSA) is 86.0 Å². The van der Waals surface area contributed by atoms with Gasteiger partial charge in [0, 0.05) is 18.5 Å². The van der Waals surface area contributed by atoms with Gasteiger partial charge in [-0.3, -0.25) is 0 Å². The lowest BCUT2D eigenvalue weighted by Crippen LogP contribution is -2.23. The molecule has 2 heterocycles. The summed E-state index contributed by atoms with van der Waals surface area (Å²) in [6.07, 6.45) is 7.01. The predicted molar refractivity (Wildman–Crippen MR) is 87.2 cm³/mol. The van der Waals surface area contributed by atoms with Crippen LogP contribution in [0, 0.1) is 0 Å². The minimum absolute atomic E-state index is 0.0290. The number of aromatic hydroxyl groups is 1. The molecule has 0 spiro atoms. The smallest absolute Gasteiger partial charge is 0.252 e. The Labute approximate surface area is 143 Å². The van der Waals surface area contributed by atoms with Crippen LogP contribution in [0.3, 0.4) is 0 Å². The Balaban J connectivity index is 1.53. The van der Waals surface area contributed by atoms with Gasteiger partial charge in [-0.2, -0.15) is 0 Å². The summed E-state index contributed by atoms with van der Waals surface area (Å²) in [7, 11) is 0. The zero-order chi connectivity index (χ0) is 17.2. The number of benzene rings is 1. The maximum absolute atomic E-state index is 13.6. The van der Waals surface area contributed by atoms with E-state index in [0.717, 1.165) is 12.1 Å². The van der Waals surface area contributed by atoms with Gasteiger partial charge in [0.05, 0.1) is 23.8 Å². The number of aromatic nitrogens is 5. The summed E-state index contributed by atoms with van der Waals surface area (Å²) in [6, 6.07) is 5.12. The Kier molecular flexibility index (Phi) is 4.01. The van der Waals surface area contributed by atoms with Crippen LogP contribution < -0.4 is 4.74 Å². The number of phenols is 1. The third-order valence-corrected chi connectivity index (χ3v) is 4.21. The summed E-state index contributed by atoms with van der Waals surface area (Å²) in [5.41, 5.74) is 1.22. The molecule has 3 aromatic rings. The van der Waals surface area contributed by atoms with Gasteiger partial charge in [0.25, 0.3) is 5.88 Å². The lowest BCUT2D eigenvalue weighted by Gasteiger charge is -2.14. The normalized spacial score (nSPS) is 19.9. The molecule has 128 valence electrons. The third kappa shape index (κ3) is 3.15. The van der Waals surface area contributed by atoms with Crippen molar-refractivity contribution in [1.29, 1.82) is 0 Å². The van der Waals surface area contributed by atoms with E-state index < -0.39 is 12.3 Å². The van der Waals surface area contributed by atoms with Gasteiger partial charge in [0.1, 0.15) is 18.0 Å². The molecule has 0 saturated heterocycles. The van der Waals surface area contributed by atoms with E-state index in [1.165, 1.54) is 6.20 Å². The number of imidazole rings is 1. The second kappa shape index (κ2) is 6.46. The fraction of sp³-hybridized carbons (Fsp3) is 0.294. The zero-order valence-corrected chi connectivity index (χ0v) is 13.3. The highest BCUT2D eigenvalue weighted by Gasteiger charge is 2.29. The number of nitrogens with zero attached hydrogens (tertiary/aromatic N) is 5. The fourth-order valence-corrected chi connectivity index (χ4v) is 2.89. The first-order valence-electron chi connectivity index (χ1n) is 8.03. The maximum Gasteiger partial charge on any atom is 0.252 e. The van der Waals surface area contributed by atoms with E-state index in [0.29, 0.717) is 18.4 Å². The van der Waals surface area contributed by atoms with Gasteiger partial charge in [-0.1, -0.05) is 0 Å². The Morgan fingerprint density at radius 1 is 1.24 bits per heavy atom. The van der Waals surface area contributed by atoms with Crippen LogP contribution in [0.25, 0.3) is 17.1 Å². The van der Waals surface area contributed by atoms with Crippen LogP contribution in [-0.4, -0.2) is 42.1 Å². The van der Waals surface area contributed by atoms with Gasteiger partial charge < -0.3 is 14.4 Å². The fourth-order valence-electron chi connectivity index (χ4n) is 2.89. The van der Waals surface area contributed by atoms with E-state index in [1.807, 2.05) is 6.07 Å². The maximum atomic E-state index is 13.6. The van der Waals surface area contributed by atoms with Crippen LogP contribution in [0.15, 0.2) is 43.1 Å². The number of halogens is 1. The van der Waals surface area contributed by atoms with Crippen molar-refractivity contribution >= 4 is 0 Å². The van der Waals surface area contributed by atoms with Crippen molar-refractivity contribution in [3.63, 3.8) is 0 Å². The first-order chi connectivity index (χ1) is 12.2. The number of ether oxygens (including phenoxy) is 1. The summed E-state index contributed by atoms with van der Waals surface area (Å²) in [5.74, 6) is 0.486. The molecule has 7 nitrogen and oxygen atoms in total. The van der Waals surface area contributed by atoms with Crippen LogP contribution in [0.2, 0.25) is 0 Å². The molecule has 1 aliphatic carbocycles. The number of phenolic OH excluding ortho intramolecular Hbond substituents is 1. The first-order valence-corrected chi connectivity index (χ1v) is 8.03. The Bertz CT molecular complexity index is 854. The van der Waals surface area contributed by atoms with Crippen LogP contribution in [0.4, 0.5) is 4.39 Å². The molecular weight excluding hydrogens is 325 g/mol. The van der Waals surface area contributed by atoms with Gasteiger partial charge in [-0.25, -0.2) is 14.4 Å². The molecule has 1 fully saturated rings. The average Bonchev–Trinajstić information content (AvgIpc) is 3.28. The lowest BCUT2D eigenvalue weighted by atomic mass is 10.1. The highest BCUT2D eigenvalue weighted by Crippen LogP contribution is 2.29. The molecule has 0 amide bonds. The van der Waals surface area contributed by atoms with E-state index in [1.54, 1.807) is 35.4 Å². The molecule has 1 aromatic carbocycles. The van der Waals surface area contributed by atoms with Crippen molar-refractivity contribution in [3.05, 3.63) is 43.1 Å². The monoisotopic (exact) mass is 341 g/mol. The molecule has 25 heavy (non-hydrogen) atoms. The highest BCUT2D eigenvalue weighted by atomic mass is 19.1. The van der Waals surface area contributed by atoms with Gasteiger partial charge in [-0.05, 0) is 31.4 Å². The molecule has 0 radical (unpaired) electrons. The summed E-state index contributed by atoms with van der Waals surface area (Å²) in [4.78, 5) is 8.14. The number of rotatable bonds is 4. The second-order valence-electron chi connectivity index (χ2n) is 5.89. The molecular formula is C17H16FN5O2. The minimum atomic E-state index is -0.971. The van der Waals surface area contributed by atoms with Crippen molar-refractivity contribution < 1.29 is 14.2 Å². The zero-order valence-electron chi connectivity index (χ0n) is 13.3. The van der Waals surface area contributed by atoms with Crippen LogP contribution >= 0.6 is 0 Å². The predicted octanol–water partition coefficient (Wildman–Crippen LogP) is 2.70. The Morgan fingerprint density at radius 2 is 2.16 bits per heavy atom. The SMILES string of the molecule is Oc1cc(-n2ccnc2)ccc1-c1ncc(O[C@@H]2CCC[C@@H]2F)nn1. The van der Waals surface area contributed by atoms with Gasteiger partial charge in [0.15, 0.2) is 5.82 Å². The lowest BCUT2D eigenvalue weighted by molar-refractivity contribution is 0.119. The van der Waals surface area contributed by atoms with Crippen molar-refractivity contribution in [3.8, 4) is 28.7 Å². The Morgan fingerprint density at radius 3 is 2.80 bits per heavy atom. The van der Waals surface area contributed by atoms with Crippen molar-refractivity contribution in [2.75, 3.05) is 0 Å². The summed E-state index contributed by atoms with van der Waals surface area (Å²) >= 11 is 0. The molecule has 1 N–H and O–H groups in total. The van der Waals surface area contributed by atoms with E-state index in [-0.39, 0.29) is 17.5 Å². The van der Waals surface area contributed by atoms with Crippen LogP contribution in [-0.2, 0) is 0 Å². The molecule has 0 aliphatic heterocycles. The van der Waals surface area contributed by atoms with Crippen LogP contribution in [0.1, 0.15) is 19.3 Å². The Hall–Kier alpha value is -3.03. The molecule has 2 atom stereocenters. The van der Waals surface area contributed by atoms with Gasteiger partial charge >= 0.3 is 0 Å². The van der Waals surface area contributed by atoms with E-state index >= 15 is 0 Å². The minimum Gasteiger partial charge on any atom is -0.507 e. The van der Waals surface area contributed by atoms with E-state index in [9.17, 15) is 9.50 Å². The molecule has 2 aromatic heterocycles. The summed E-state index contributed by atoms with van der Waals surface area (Å²) < 4.78 is 20.9. The average molecular weight is 341 g/mol. The molecule has 1 aliphatic rings. The highest BCUT2D eigenvalue weighted by molar-refractivity contribution is 5.65. The van der Waals surface area contributed by atoms with Crippen LogP contribution in [0.5, 0.6) is 11.6 Å². The van der Waals surface area contributed by atoms with Crippen molar-refractivity contribution in [2.24, 2.45) is 0 Å². The third-order valence-electron chi connectivity index (χ3n) is 4.21. The first kappa shape index (κ1) is 15.5. The standard InChI is InChI=1S/C17H16FN5O2/c18-13-2-1-3-15(13)25-16-9-20-17(22-21-16)12-5-4-11(8-14(12)24)23-7-6-19-10-23/h4-10,13,15,24H,1-3H2/t13-,15+/m0/s1. The summed E-state index contributed by atoms with van der Waals surface area (Å²) in [5, 5.41) is 18.2. The number of hydrogen-bond donors (Lipinski definition) is 1. The second-order valence-corrected chi connectivity index (χ2v) is 5.89. The van der Waals surface area contributed by atoms with Gasteiger partial charge in [-0.15, -0.1) is 10.2 Å². The molecule has 4 rings (SSSR count). The number of alkyl halides is 1. The quantitative estimate of drug-likeness (QED) is 0.785. The molecule has 0 bridgehead atoms. The molecule has 0 unspecified atom stereocenters. The number of hydrogen-bond acceptors (Lipinski definition) is 6. The summed E-state index contributed by atoms with van der Waals surface area (Å²) in [6.45, 7) is 0. The largest absolute Gasteiger partial charge is 0.507 e. The van der Waals surface area contributed by atoms with Crippen molar-refractivity contribution in [2.45, 2.75) is 31.5 Å².